The number of amides is 1. The van der Waals surface area contributed by atoms with E-state index in [0.717, 1.165) is 12.8 Å². The van der Waals surface area contributed by atoms with Crippen LogP contribution in [0.4, 0.5) is 5.69 Å². The maximum absolute atomic E-state index is 12.8. The number of nitrogens with zero attached hydrogens (tertiary/aromatic N) is 1. The fraction of sp³-hybridized carbons (Fsp3) is 0.467. The number of aliphatic carboxylic acids is 1. The van der Waals surface area contributed by atoms with Crippen LogP contribution in [0.1, 0.15) is 19.8 Å². The van der Waals surface area contributed by atoms with Crippen molar-refractivity contribution in [2.24, 2.45) is 11.7 Å². The van der Waals surface area contributed by atoms with Crippen LogP contribution < -0.4 is 15.4 Å². The number of carbonyl (C=O) groups is 2. The maximum atomic E-state index is 12.8. The molecule has 1 aromatic carbocycles. The number of carbonyl (C=O) groups excluding carboxylic acids is 1. The summed E-state index contributed by atoms with van der Waals surface area (Å²) < 4.78 is 5.43. The third-order valence-corrected chi connectivity index (χ3v) is 4.18. The lowest BCUT2D eigenvalue weighted by atomic mass is 9.94. The van der Waals surface area contributed by atoms with Crippen LogP contribution in [0.2, 0.25) is 0 Å². The maximum Gasteiger partial charge on any atom is 0.346 e. The molecule has 2 aliphatic rings. The molecule has 1 aliphatic carbocycles. The number of para-hydroxylation sites is 2. The second-order valence-electron chi connectivity index (χ2n) is 5.89. The van der Waals surface area contributed by atoms with Crippen molar-refractivity contribution in [2.45, 2.75) is 31.4 Å². The smallest absolute Gasteiger partial charge is 0.346 e. The van der Waals surface area contributed by atoms with Crippen LogP contribution >= 0.6 is 0 Å². The van der Waals surface area contributed by atoms with Crippen molar-refractivity contribution in [3.05, 3.63) is 24.3 Å². The Balaban J connectivity index is 1.96. The van der Waals surface area contributed by atoms with Gasteiger partial charge in [0.1, 0.15) is 5.75 Å². The first-order chi connectivity index (χ1) is 9.91. The van der Waals surface area contributed by atoms with Gasteiger partial charge in [-0.15, -0.1) is 0 Å². The topological polar surface area (TPSA) is 92.9 Å². The molecule has 1 fully saturated rings. The Bertz CT molecular complexity index is 595. The fourth-order valence-corrected chi connectivity index (χ4v) is 2.70. The van der Waals surface area contributed by atoms with Gasteiger partial charge < -0.3 is 20.5 Å². The highest BCUT2D eigenvalue weighted by molar-refractivity contribution is 6.02. The highest BCUT2D eigenvalue weighted by Crippen LogP contribution is 2.41. The Morgan fingerprint density at radius 2 is 2.05 bits per heavy atom. The summed E-state index contributed by atoms with van der Waals surface area (Å²) in [5.41, 5.74) is 5.81. The number of nitrogens with two attached hydrogens (primary N) is 1. The normalized spacial score (nSPS) is 23.7. The summed E-state index contributed by atoms with van der Waals surface area (Å²) >= 11 is 0. The lowest BCUT2D eigenvalue weighted by Gasteiger charge is -2.37. The number of carboxylic acids is 1. The summed E-state index contributed by atoms with van der Waals surface area (Å²) in [6.45, 7) is 1.70. The SMILES string of the molecule is CC(N)(C(=O)N1CC(C(=O)O)Oc2ccccc21)C1CC1. The average Bonchev–Trinajstić information content (AvgIpc) is 3.30. The zero-order valence-electron chi connectivity index (χ0n) is 11.8. The van der Waals surface area contributed by atoms with E-state index in [0.29, 0.717) is 11.4 Å². The first-order valence-electron chi connectivity index (χ1n) is 7.00. The third-order valence-electron chi connectivity index (χ3n) is 4.18. The van der Waals surface area contributed by atoms with Gasteiger partial charge in [-0.3, -0.25) is 4.79 Å². The Labute approximate surface area is 122 Å². The molecule has 6 heteroatoms. The summed E-state index contributed by atoms with van der Waals surface area (Å²) in [7, 11) is 0. The zero-order valence-corrected chi connectivity index (χ0v) is 11.8. The van der Waals surface area contributed by atoms with Crippen molar-refractivity contribution >= 4 is 17.6 Å². The number of rotatable bonds is 3. The molecule has 3 N–H and O–H groups in total. The molecular weight excluding hydrogens is 272 g/mol. The molecule has 0 radical (unpaired) electrons. The van der Waals surface area contributed by atoms with Gasteiger partial charge in [0, 0.05) is 0 Å². The van der Waals surface area contributed by atoms with E-state index in [2.05, 4.69) is 0 Å². The molecular formula is C15H18N2O4. The minimum atomic E-state index is -1.09. The van der Waals surface area contributed by atoms with Gasteiger partial charge in [0.15, 0.2) is 0 Å². The molecule has 112 valence electrons. The molecule has 1 heterocycles. The van der Waals surface area contributed by atoms with Crippen LogP contribution in [0.25, 0.3) is 0 Å². The van der Waals surface area contributed by atoms with Gasteiger partial charge in [-0.25, -0.2) is 4.79 Å². The average molecular weight is 290 g/mol. The number of ether oxygens (including phenoxy) is 1. The zero-order chi connectivity index (χ0) is 15.2. The van der Waals surface area contributed by atoms with Crippen LogP contribution in [0.15, 0.2) is 24.3 Å². The van der Waals surface area contributed by atoms with Crippen molar-refractivity contribution < 1.29 is 19.4 Å². The summed E-state index contributed by atoms with van der Waals surface area (Å²) in [6.07, 6.45) is 0.805. The Hall–Kier alpha value is -2.08. The standard InChI is InChI=1S/C15H18N2O4/c1-15(16,9-6-7-9)14(20)17-8-12(13(18)19)21-11-5-3-2-4-10(11)17/h2-5,9,12H,6-8,16H2,1H3,(H,18,19). The lowest BCUT2D eigenvalue weighted by molar-refractivity contribution is -0.145. The van der Waals surface area contributed by atoms with Crippen LogP contribution in [0, 0.1) is 5.92 Å². The molecule has 6 nitrogen and oxygen atoms in total. The van der Waals surface area contributed by atoms with E-state index in [1.165, 1.54) is 4.90 Å². The van der Waals surface area contributed by atoms with Crippen molar-refractivity contribution in [1.29, 1.82) is 0 Å². The Kier molecular flexibility index (Phi) is 3.13. The summed E-state index contributed by atoms with van der Waals surface area (Å²) in [4.78, 5) is 25.5. The van der Waals surface area contributed by atoms with E-state index in [4.69, 9.17) is 10.5 Å². The number of hydrogen-bond donors (Lipinski definition) is 2. The second-order valence-corrected chi connectivity index (χ2v) is 5.89. The molecule has 1 aliphatic heterocycles. The molecule has 0 bridgehead atoms. The van der Waals surface area contributed by atoms with Gasteiger partial charge in [-0.2, -0.15) is 0 Å². The number of hydrogen-bond acceptors (Lipinski definition) is 4. The Morgan fingerprint density at radius 1 is 1.38 bits per heavy atom. The van der Waals surface area contributed by atoms with E-state index in [9.17, 15) is 14.7 Å². The van der Waals surface area contributed by atoms with Crippen LogP contribution in [-0.2, 0) is 9.59 Å². The monoisotopic (exact) mass is 290 g/mol. The molecule has 2 unspecified atom stereocenters. The highest BCUT2D eigenvalue weighted by atomic mass is 16.5. The van der Waals surface area contributed by atoms with Crippen molar-refractivity contribution in [2.75, 3.05) is 11.4 Å². The predicted octanol–water partition coefficient (Wildman–Crippen LogP) is 0.993. The largest absolute Gasteiger partial charge is 0.478 e. The molecule has 2 atom stereocenters. The first kappa shape index (κ1) is 13.9. The van der Waals surface area contributed by atoms with Gasteiger partial charge in [0.25, 0.3) is 0 Å². The molecule has 21 heavy (non-hydrogen) atoms. The molecule has 0 spiro atoms. The fourth-order valence-electron chi connectivity index (χ4n) is 2.70. The minimum absolute atomic E-state index is 0.0231. The summed E-state index contributed by atoms with van der Waals surface area (Å²) in [5, 5.41) is 9.19. The lowest BCUT2D eigenvalue weighted by Crippen LogP contribution is -2.58. The quantitative estimate of drug-likeness (QED) is 0.866. The number of carboxylic acid groups (broad SMARTS) is 1. The van der Waals surface area contributed by atoms with E-state index < -0.39 is 17.6 Å². The number of benzene rings is 1. The summed E-state index contributed by atoms with van der Waals surface area (Å²) in [5.74, 6) is -0.765. The molecule has 1 aromatic rings. The van der Waals surface area contributed by atoms with Crippen LogP contribution in [-0.4, -0.2) is 35.2 Å². The van der Waals surface area contributed by atoms with Gasteiger partial charge in [-0.05, 0) is 37.8 Å². The third kappa shape index (κ3) is 2.35. The highest BCUT2D eigenvalue weighted by Gasteiger charge is 2.48. The molecule has 3 rings (SSSR count). The molecule has 1 saturated carbocycles. The van der Waals surface area contributed by atoms with Crippen LogP contribution in [0.5, 0.6) is 5.75 Å². The number of anilines is 1. The first-order valence-corrected chi connectivity index (χ1v) is 7.00. The molecule has 0 aromatic heterocycles. The van der Waals surface area contributed by atoms with Crippen molar-refractivity contribution in [3.8, 4) is 5.75 Å². The molecule has 0 saturated heterocycles. The van der Waals surface area contributed by atoms with Crippen LogP contribution in [0.3, 0.4) is 0 Å². The van der Waals surface area contributed by atoms with Gasteiger partial charge in [0.05, 0.1) is 17.8 Å². The second kappa shape index (κ2) is 4.73. The van der Waals surface area contributed by atoms with Gasteiger partial charge in [0.2, 0.25) is 12.0 Å². The van der Waals surface area contributed by atoms with Crippen molar-refractivity contribution in [1.82, 2.24) is 0 Å². The summed E-state index contributed by atoms with van der Waals surface area (Å²) in [6, 6.07) is 6.94. The van der Waals surface area contributed by atoms with Crippen molar-refractivity contribution in [3.63, 3.8) is 0 Å². The number of fused-ring (bicyclic) bond motifs is 1. The predicted molar refractivity (Wildman–Crippen MR) is 76.2 cm³/mol. The van der Waals surface area contributed by atoms with Gasteiger partial charge in [-0.1, -0.05) is 12.1 Å². The van der Waals surface area contributed by atoms with E-state index in [1.54, 1.807) is 31.2 Å². The molecule has 1 amide bonds. The van der Waals surface area contributed by atoms with E-state index in [-0.39, 0.29) is 18.4 Å². The van der Waals surface area contributed by atoms with E-state index >= 15 is 0 Å². The van der Waals surface area contributed by atoms with E-state index in [1.807, 2.05) is 0 Å². The minimum Gasteiger partial charge on any atom is -0.478 e. The van der Waals surface area contributed by atoms with Gasteiger partial charge >= 0.3 is 5.97 Å². The Morgan fingerprint density at radius 3 is 2.67 bits per heavy atom.